The lowest BCUT2D eigenvalue weighted by atomic mass is 10.1. The van der Waals surface area contributed by atoms with Crippen LogP contribution in [0.2, 0.25) is 0 Å². The number of fused-ring (bicyclic) bond motifs is 1. The number of para-hydroxylation sites is 1. The van der Waals surface area contributed by atoms with Crippen molar-refractivity contribution < 1.29 is 0 Å². The van der Waals surface area contributed by atoms with E-state index in [-0.39, 0.29) is 0 Å². The molecule has 0 radical (unpaired) electrons. The molecule has 19 heavy (non-hydrogen) atoms. The lowest BCUT2D eigenvalue weighted by molar-refractivity contribution is 0.392. The Hall–Kier alpha value is -1.06. The molecule has 1 aliphatic heterocycles. The Morgan fingerprint density at radius 3 is 2.95 bits per heavy atom. The first-order chi connectivity index (χ1) is 9.20. The topological polar surface area (TPSA) is 21.1 Å². The highest BCUT2D eigenvalue weighted by atomic mass is 35.5. The number of likely N-dealkylation sites (N-methyl/N-ethyl adjacent to an activating group) is 1. The summed E-state index contributed by atoms with van der Waals surface area (Å²) in [5.41, 5.74) is 3.71. The summed E-state index contributed by atoms with van der Waals surface area (Å²) in [6.07, 6.45) is 2.04. The monoisotopic (exact) mass is 277 g/mol. The summed E-state index contributed by atoms with van der Waals surface area (Å²) in [6, 6.07) is 6.90. The van der Waals surface area contributed by atoms with Crippen molar-refractivity contribution in [1.29, 1.82) is 0 Å². The summed E-state index contributed by atoms with van der Waals surface area (Å²) in [4.78, 5) is 7.18. The standard InChI is InChI=1S/C15H20ClN3/c1-11-4-3-5-13-15(11)19(14(17-13)6-8-16)12-7-9-18(2)10-12/h3-5,12H,6-10H2,1-2H3. The molecule has 4 heteroatoms. The summed E-state index contributed by atoms with van der Waals surface area (Å²) in [5, 5.41) is 0. The van der Waals surface area contributed by atoms with Crippen molar-refractivity contribution in [3.63, 3.8) is 0 Å². The average molecular weight is 278 g/mol. The Morgan fingerprint density at radius 1 is 1.42 bits per heavy atom. The van der Waals surface area contributed by atoms with Crippen LogP contribution < -0.4 is 0 Å². The molecule has 0 N–H and O–H groups in total. The number of aryl methyl sites for hydroxylation is 2. The molecule has 0 bridgehead atoms. The van der Waals surface area contributed by atoms with Crippen molar-refractivity contribution in [2.24, 2.45) is 0 Å². The minimum atomic E-state index is 0.536. The van der Waals surface area contributed by atoms with Crippen molar-refractivity contribution in [2.75, 3.05) is 26.0 Å². The van der Waals surface area contributed by atoms with Crippen LogP contribution in [0, 0.1) is 6.92 Å². The molecule has 2 aromatic rings. The summed E-state index contributed by atoms with van der Waals surface area (Å²) in [7, 11) is 2.19. The fourth-order valence-electron chi connectivity index (χ4n) is 3.15. The zero-order chi connectivity index (χ0) is 13.4. The number of rotatable bonds is 3. The molecule has 0 spiro atoms. The molecule has 2 heterocycles. The van der Waals surface area contributed by atoms with Gasteiger partial charge in [-0.2, -0.15) is 0 Å². The van der Waals surface area contributed by atoms with E-state index in [1.165, 1.54) is 17.5 Å². The molecule has 102 valence electrons. The summed E-state index contributed by atoms with van der Waals surface area (Å²) < 4.78 is 2.44. The van der Waals surface area contributed by atoms with Crippen molar-refractivity contribution in [2.45, 2.75) is 25.8 Å². The molecule has 3 rings (SSSR count). The Bertz CT molecular complexity index is 590. The van der Waals surface area contributed by atoms with E-state index in [1.807, 2.05) is 0 Å². The summed E-state index contributed by atoms with van der Waals surface area (Å²) in [6.45, 7) is 4.44. The van der Waals surface area contributed by atoms with Crippen molar-refractivity contribution in [3.05, 3.63) is 29.6 Å². The minimum absolute atomic E-state index is 0.536. The Labute approximate surface area is 119 Å². The molecule has 1 aromatic heterocycles. The number of imidazole rings is 1. The van der Waals surface area contributed by atoms with E-state index in [0.717, 1.165) is 30.9 Å². The van der Waals surface area contributed by atoms with Gasteiger partial charge < -0.3 is 9.47 Å². The van der Waals surface area contributed by atoms with E-state index in [0.29, 0.717) is 11.9 Å². The van der Waals surface area contributed by atoms with E-state index < -0.39 is 0 Å². The predicted molar refractivity (Wildman–Crippen MR) is 80.0 cm³/mol. The predicted octanol–water partition coefficient (Wildman–Crippen LogP) is 3.00. The van der Waals surface area contributed by atoms with Crippen LogP contribution >= 0.6 is 11.6 Å². The van der Waals surface area contributed by atoms with Gasteiger partial charge in [-0.3, -0.25) is 0 Å². The first-order valence-corrected chi connectivity index (χ1v) is 7.45. The van der Waals surface area contributed by atoms with Gasteiger partial charge in [-0.25, -0.2) is 4.98 Å². The molecule has 3 nitrogen and oxygen atoms in total. The van der Waals surface area contributed by atoms with Crippen molar-refractivity contribution >= 4 is 22.6 Å². The van der Waals surface area contributed by atoms with Crippen LogP contribution in [0.5, 0.6) is 0 Å². The number of aromatic nitrogens is 2. The quantitative estimate of drug-likeness (QED) is 0.804. The third kappa shape index (κ3) is 2.26. The van der Waals surface area contributed by atoms with Crippen LogP contribution in [0.1, 0.15) is 23.9 Å². The van der Waals surface area contributed by atoms with Gasteiger partial charge in [-0.15, -0.1) is 11.6 Å². The molecule has 1 atom stereocenters. The number of likely N-dealkylation sites (tertiary alicyclic amines) is 1. The van der Waals surface area contributed by atoms with E-state index in [4.69, 9.17) is 16.6 Å². The Kier molecular flexibility index (Phi) is 3.50. The SMILES string of the molecule is Cc1cccc2nc(CCCl)n(C3CCN(C)C3)c12. The Morgan fingerprint density at radius 2 is 2.26 bits per heavy atom. The molecule has 1 aliphatic rings. The lowest BCUT2D eigenvalue weighted by Gasteiger charge is -2.17. The smallest absolute Gasteiger partial charge is 0.111 e. The first-order valence-electron chi connectivity index (χ1n) is 6.91. The summed E-state index contributed by atoms with van der Waals surface area (Å²) >= 11 is 5.95. The molecule has 1 unspecified atom stereocenters. The molecule has 0 aliphatic carbocycles. The van der Waals surface area contributed by atoms with E-state index in [2.05, 4.69) is 41.6 Å². The third-order valence-electron chi connectivity index (χ3n) is 4.03. The number of hydrogen-bond donors (Lipinski definition) is 0. The Balaban J connectivity index is 2.15. The van der Waals surface area contributed by atoms with Gasteiger partial charge in [0.25, 0.3) is 0 Å². The van der Waals surface area contributed by atoms with Crippen molar-refractivity contribution in [1.82, 2.24) is 14.5 Å². The summed E-state index contributed by atoms with van der Waals surface area (Å²) in [5.74, 6) is 1.77. The van der Waals surface area contributed by atoms with Gasteiger partial charge in [0.15, 0.2) is 0 Å². The van der Waals surface area contributed by atoms with Crippen LogP contribution in [0.4, 0.5) is 0 Å². The van der Waals surface area contributed by atoms with Crippen LogP contribution in [0.3, 0.4) is 0 Å². The second-order valence-corrected chi connectivity index (χ2v) is 5.86. The number of benzene rings is 1. The average Bonchev–Trinajstić information content (AvgIpc) is 2.94. The van der Waals surface area contributed by atoms with Gasteiger partial charge in [0.05, 0.1) is 11.0 Å². The minimum Gasteiger partial charge on any atom is -0.323 e. The van der Waals surface area contributed by atoms with E-state index in [9.17, 15) is 0 Å². The van der Waals surface area contributed by atoms with Gasteiger partial charge in [-0.1, -0.05) is 12.1 Å². The number of alkyl halides is 1. The van der Waals surface area contributed by atoms with Crippen LogP contribution in [-0.4, -0.2) is 40.5 Å². The zero-order valence-electron chi connectivity index (χ0n) is 11.6. The van der Waals surface area contributed by atoms with Gasteiger partial charge in [0.1, 0.15) is 5.82 Å². The second-order valence-electron chi connectivity index (χ2n) is 5.48. The van der Waals surface area contributed by atoms with E-state index >= 15 is 0 Å². The second kappa shape index (κ2) is 5.14. The number of hydrogen-bond acceptors (Lipinski definition) is 2. The number of halogens is 1. The maximum Gasteiger partial charge on any atom is 0.111 e. The van der Waals surface area contributed by atoms with Crippen LogP contribution in [-0.2, 0) is 6.42 Å². The van der Waals surface area contributed by atoms with Gasteiger partial charge in [0.2, 0.25) is 0 Å². The van der Waals surface area contributed by atoms with Gasteiger partial charge >= 0.3 is 0 Å². The highest BCUT2D eigenvalue weighted by Crippen LogP contribution is 2.29. The molecule has 1 aromatic carbocycles. The first kappa shape index (κ1) is 12.9. The normalized spacial score (nSPS) is 20.5. The lowest BCUT2D eigenvalue weighted by Crippen LogP contribution is -2.18. The molecule has 0 amide bonds. The maximum atomic E-state index is 5.95. The molecule has 1 fully saturated rings. The molecule has 0 saturated carbocycles. The zero-order valence-corrected chi connectivity index (χ0v) is 12.3. The van der Waals surface area contributed by atoms with E-state index in [1.54, 1.807) is 0 Å². The molecule has 1 saturated heterocycles. The highest BCUT2D eigenvalue weighted by molar-refractivity contribution is 6.17. The fourth-order valence-corrected chi connectivity index (χ4v) is 3.31. The largest absolute Gasteiger partial charge is 0.323 e. The molecular weight excluding hydrogens is 258 g/mol. The van der Waals surface area contributed by atoms with Crippen LogP contribution in [0.25, 0.3) is 11.0 Å². The fraction of sp³-hybridized carbons (Fsp3) is 0.533. The molecular formula is C15H20ClN3. The maximum absolute atomic E-state index is 5.95. The third-order valence-corrected chi connectivity index (χ3v) is 4.22. The van der Waals surface area contributed by atoms with Gasteiger partial charge in [-0.05, 0) is 38.6 Å². The number of nitrogens with zero attached hydrogens (tertiary/aromatic N) is 3. The highest BCUT2D eigenvalue weighted by Gasteiger charge is 2.25. The van der Waals surface area contributed by atoms with Crippen molar-refractivity contribution in [3.8, 4) is 0 Å². The van der Waals surface area contributed by atoms with Crippen LogP contribution in [0.15, 0.2) is 18.2 Å². The van der Waals surface area contributed by atoms with Gasteiger partial charge in [0, 0.05) is 24.9 Å².